The zero-order valence-corrected chi connectivity index (χ0v) is 35.9. The third-order valence-corrected chi connectivity index (χ3v) is 10.8. The number of nitrogens with zero attached hydrogens (tertiary/aromatic N) is 8. The maximum absolute atomic E-state index is 12.9. The Morgan fingerprint density at radius 1 is 0.646 bits per heavy atom. The number of benzene rings is 2. The number of likely N-dealkylation sites (tertiary alicyclic amines) is 1. The number of aryl methyl sites for hydroxylation is 1. The largest absolute Gasteiger partial charge is 0.489 e. The Kier molecular flexibility index (Phi) is 13.4. The predicted octanol–water partition coefficient (Wildman–Crippen LogP) is 4.74. The second kappa shape index (κ2) is 20.1. The van der Waals surface area contributed by atoms with Gasteiger partial charge in [0.25, 0.3) is 17.7 Å². The molecule has 21 nitrogen and oxygen atoms in total. The molecule has 2 aromatic carbocycles. The first-order valence-corrected chi connectivity index (χ1v) is 21.8. The number of nitrogens with one attached hydrogen (secondary N) is 4. The van der Waals surface area contributed by atoms with Crippen molar-refractivity contribution in [1.82, 2.24) is 40.1 Å². The Hall–Kier alpha value is -7.13. The number of ether oxygens (including phenoxy) is 6. The quantitative estimate of drug-likeness (QED) is 0.180. The summed E-state index contributed by atoms with van der Waals surface area (Å²) in [5.41, 5.74) is 3.70. The molecular formula is C44H50N12O9. The van der Waals surface area contributed by atoms with Crippen molar-refractivity contribution in [3.8, 4) is 34.6 Å². The molecule has 5 aliphatic rings. The first-order chi connectivity index (χ1) is 31.8. The molecule has 2 saturated carbocycles. The molecule has 3 aromatic heterocycles. The summed E-state index contributed by atoms with van der Waals surface area (Å²) in [5.74, 6) is 2.92. The molecule has 340 valence electrons. The number of hydrogen-bond acceptors (Lipinski definition) is 17. The second-order valence-electron chi connectivity index (χ2n) is 15.9. The van der Waals surface area contributed by atoms with Crippen LogP contribution in [0.25, 0.3) is 11.4 Å². The SMILES string of the molecule is Cn1cnc(-c2cccc3c2OCCOCCOc2nnc(NC(=O)C4CC4)cc2N3)n1.O=C(Nc1cc2c(nn1)OCCOCCOc1cc(C(=O)N3CCCC3)ccc1N2)C1CC1. The minimum absolute atomic E-state index is 0.000871. The van der Waals surface area contributed by atoms with Gasteiger partial charge in [-0.2, -0.15) is 5.10 Å². The molecule has 3 amide bonds. The van der Waals surface area contributed by atoms with Crippen LogP contribution in [0.5, 0.6) is 23.3 Å². The fourth-order valence-electron chi connectivity index (χ4n) is 7.14. The molecule has 0 unspecified atom stereocenters. The molecule has 3 fully saturated rings. The Labute approximate surface area is 373 Å². The van der Waals surface area contributed by atoms with E-state index in [1.807, 2.05) is 30.1 Å². The Morgan fingerprint density at radius 3 is 1.82 bits per heavy atom. The van der Waals surface area contributed by atoms with Gasteiger partial charge >= 0.3 is 0 Å². The van der Waals surface area contributed by atoms with E-state index in [-0.39, 0.29) is 35.4 Å². The number of anilines is 6. The summed E-state index contributed by atoms with van der Waals surface area (Å²) in [6, 6.07) is 14.4. The molecule has 0 radical (unpaired) electrons. The van der Waals surface area contributed by atoms with Crippen molar-refractivity contribution < 1.29 is 42.8 Å². The molecule has 10 rings (SSSR count). The fraction of sp³-hybridized carbons (Fsp3) is 0.432. The minimum Gasteiger partial charge on any atom is -0.489 e. The molecular weight excluding hydrogens is 841 g/mol. The highest BCUT2D eigenvalue weighted by molar-refractivity contribution is 5.96. The number of carbonyl (C=O) groups excluding carboxylic acids is 3. The monoisotopic (exact) mass is 890 g/mol. The van der Waals surface area contributed by atoms with Gasteiger partial charge in [0.1, 0.15) is 49.9 Å². The van der Waals surface area contributed by atoms with E-state index in [4.69, 9.17) is 28.4 Å². The topological polar surface area (TPSA) is 240 Å². The number of amides is 3. The van der Waals surface area contributed by atoms with Gasteiger partial charge in [-0.3, -0.25) is 19.1 Å². The van der Waals surface area contributed by atoms with Crippen LogP contribution in [-0.4, -0.2) is 124 Å². The summed E-state index contributed by atoms with van der Waals surface area (Å²) in [4.78, 5) is 43.4. The average Bonchev–Trinajstić information content (AvgIpc) is 4.24. The van der Waals surface area contributed by atoms with Gasteiger partial charge in [-0.05, 0) is 68.9 Å². The van der Waals surface area contributed by atoms with Crippen LogP contribution in [-0.2, 0) is 26.1 Å². The van der Waals surface area contributed by atoms with Gasteiger partial charge in [-0.25, -0.2) is 4.98 Å². The maximum Gasteiger partial charge on any atom is 0.257 e. The van der Waals surface area contributed by atoms with E-state index in [1.165, 1.54) is 0 Å². The number of rotatable bonds is 6. The lowest BCUT2D eigenvalue weighted by Crippen LogP contribution is -2.27. The Morgan fingerprint density at radius 2 is 1.23 bits per heavy atom. The van der Waals surface area contributed by atoms with Crippen molar-refractivity contribution in [2.75, 3.05) is 87.2 Å². The van der Waals surface area contributed by atoms with Gasteiger partial charge in [0.15, 0.2) is 23.2 Å². The van der Waals surface area contributed by atoms with Gasteiger partial charge in [0.05, 0.1) is 43.4 Å². The molecule has 0 atom stereocenters. The van der Waals surface area contributed by atoms with Gasteiger partial charge in [0.2, 0.25) is 11.8 Å². The van der Waals surface area contributed by atoms with Crippen molar-refractivity contribution >= 4 is 52.1 Å². The number of hydrogen-bond donors (Lipinski definition) is 4. The van der Waals surface area contributed by atoms with E-state index in [2.05, 4.69) is 51.7 Å². The summed E-state index contributed by atoms with van der Waals surface area (Å²) in [6.07, 6.45) is 7.30. The number of aromatic nitrogens is 7. The second-order valence-corrected chi connectivity index (χ2v) is 15.9. The molecule has 65 heavy (non-hydrogen) atoms. The van der Waals surface area contributed by atoms with E-state index in [1.54, 1.807) is 41.3 Å². The smallest absolute Gasteiger partial charge is 0.257 e. The molecule has 6 heterocycles. The summed E-state index contributed by atoms with van der Waals surface area (Å²) < 4.78 is 36.3. The minimum atomic E-state index is -0.0551. The third kappa shape index (κ3) is 11.2. The normalized spacial score (nSPS) is 17.3. The highest BCUT2D eigenvalue weighted by atomic mass is 16.6. The highest BCUT2D eigenvalue weighted by Crippen LogP contribution is 2.40. The molecule has 2 aliphatic carbocycles. The lowest BCUT2D eigenvalue weighted by atomic mass is 10.1. The van der Waals surface area contributed by atoms with E-state index in [0.29, 0.717) is 116 Å². The van der Waals surface area contributed by atoms with Crippen LogP contribution < -0.4 is 40.2 Å². The summed E-state index contributed by atoms with van der Waals surface area (Å²) in [5, 5.41) is 33.1. The van der Waals surface area contributed by atoms with Crippen LogP contribution >= 0.6 is 0 Å². The third-order valence-electron chi connectivity index (χ3n) is 10.8. The first-order valence-electron chi connectivity index (χ1n) is 21.8. The van der Waals surface area contributed by atoms with Crippen LogP contribution in [0.15, 0.2) is 54.9 Å². The van der Waals surface area contributed by atoms with Gasteiger partial charge < -0.3 is 54.6 Å². The zero-order chi connectivity index (χ0) is 44.5. The maximum atomic E-state index is 12.9. The molecule has 0 spiro atoms. The van der Waals surface area contributed by atoms with Crippen LogP contribution in [0.4, 0.5) is 34.4 Å². The van der Waals surface area contributed by atoms with Crippen molar-refractivity contribution in [3.05, 3.63) is 60.4 Å². The molecule has 3 aliphatic heterocycles. The number of carbonyl (C=O) groups is 3. The predicted molar refractivity (Wildman–Crippen MR) is 235 cm³/mol. The Bertz CT molecular complexity index is 2510. The van der Waals surface area contributed by atoms with Crippen molar-refractivity contribution in [3.63, 3.8) is 0 Å². The van der Waals surface area contributed by atoms with Gasteiger partial charge in [-0.1, -0.05) is 6.07 Å². The molecule has 5 aromatic rings. The van der Waals surface area contributed by atoms with E-state index in [0.717, 1.165) is 57.2 Å². The van der Waals surface area contributed by atoms with Crippen molar-refractivity contribution in [2.24, 2.45) is 18.9 Å². The van der Waals surface area contributed by atoms with Crippen LogP contribution in [0.1, 0.15) is 48.9 Å². The molecule has 0 bridgehead atoms. The molecule has 1 saturated heterocycles. The summed E-state index contributed by atoms with van der Waals surface area (Å²) in [6.45, 7) is 4.38. The van der Waals surface area contributed by atoms with Gasteiger partial charge in [0, 0.05) is 49.7 Å². The Balaban J connectivity index is 0.000000164. The lowest BCUT2D eigenvalue weighted by Gasteiger charge is -2.20. The van der Waals surface area contributed by atoms with Crippen LogP contribution in [0.2, 0.25) is 0 Å². The summed E-state index contributed by atoms with van der Waals surface area (Å²) >= 11 is 0. The highest BCUT2D eigenvalue weighted by Gasteiger charge is 2.31. The number of para-hydroxylation sites is 1. The van der Waals surface area contributed by atoms with Crippen molar-refractivity contribution in [2.45, 2.75) is 38.5 Å². The standard InChI is InChI=1S/C23H27N5O5.C21H23N7O4/c29-21(15-3-4-15)25-20-14-18-22(27-26-20)33-12-10-31-9-11-32-19-13-16(5-6-17(19)24-18)23(30)28-7-1-2-8-28;1-28-12-22-19(27-28)14-3-2-4-15-18(14)31-9-7-30-8-10-32-21-16(23-15)11-17(25-26-21)24-20(29)13-5-6-13/h5-6,13-15,24H,1-4,7-12H2,(H,25,26,29);2-4,11-13,23H,5-10H2,1H3,(H,24,25,29). The fourth-order valence-corrected chi connectivity index (χ4v) is 7.14. The average molecular weight is 891 g/mol. The molecule has 4 N–H and O–H groups in total. The van der Waals surface area contributed by atoms with E-state index >= 15 is 0 Å². The van der Waals surface area contributed by atoms with E-state index < -0.39 is 0 Å². The van der Waals surface area contributed by atoms with E-state index in [9.17, 15) is 14.4 Å². The van der Waals surface area contributed by atoms with Gasteiger partial charge in [-0.15, -0.1) is 20.4 Å². The van der Waals surface area contributed by atoms with Crippen LogP contribution in [0.3, 0.4) is 0 Å². The van der Waals surface area contributed by atoms with Crippen molar-refractivity contribution in [1.29, 1.82) is 0 Å². The number of fused-ring (bicyclic) bond motifs is 4. The molecule has 21 heteroatoms. The first kappa shape index (κ1) is 43.1. The lowest BCUT2D eigenvalue weighted by molar-refractivity contribution is -0.118. The zero-order valence-electron chi connectivity index (χ0n) is 35.9. The van der Waals surface area contributed by atoms with Crippen LogP contribution in [0, 0.1) is 11.8 Å². The summed E-state index contributed by atoms with van der Waals surface area (Å²) in [7, 11) is 1.81.